The molecule has 13 heteroatoms. The summed E-state index contributed by atoms with van der Waals surface area (Å²) in [6.07, 6.45) is 1.15. The summed E-state index contributed by atoms with van der Waals surface area (Å²) in [5.41, 5.74) is 6.64. The highest BCUT2D eigenvalue weighted by molar-refractivity contribution is 6.31. The van der Waals surface area contributed by atoms with Crippen LogP contribution in [-0.4, -0.2) is 46.8 Å². The van der Waals surface area contributed by atoms with Gasteiger partial charge in [0.15, 0.2) is 0 Å². The Kier molecular flexibility index (Phi) is 8.02. The first kappa shape index (κ1) is 26.4. The number of hydrogen-bond acceptors (Lipinski definition) is 8. The van der Waals surface area contributed by atoms with Crippen molar-refractivity contribution in [1.29, 1.82) is 0 Å². The van der Waals surface area contributed by atoms with Crippen LogP contribution in [0.4, 0.5) is 16.2 Å². The van der Waals surface area contributed by atoms with E-state index >= 15 is 0 Å². The van der Waals surface area contributed by atoms with Crippen LogP contribution >= 0.6 is 11.6 Å². The Morgan fingerprint density at radius 2 is 1.97 bits per heavy atom. The Morgan fingerprint density at radius 3 is 2.66 bits per heavy atom. The number of aromatic nitrogens is 4. The Balaban J connectivity index is 1.57. The van der Waals surface area contributed by atoms with Crippen LogP contribution in [-0.2, 0) is 11.3 Å². The summed E-state index contributed by atoms with van der Waals surface area (Å²) < 4.78 is 6.13. The molecule has 0 saturated heterocycles. The van der Waals surface area contributed by atoms with E-state index in [4.69, 9.17) is 11.6 Å². The number of ether oxygens (including phenoxy) is 1. The van der Waals surface area contributed by atoms with Crippen molar-refractivity contribution in [2.24, 2.45) is 10.3 Å². The molecule has 3 N–H and O–H groups in total. The zero-order chi connectivity index (χ0) is 27.2. The first-order valence-corrected chi connectivity index (χ1v) is 11.8. The molecular weight excluding hydrogens is 510 g/mol. The molecule has 0 atom stereocenters. The number of rotatable bonds is 8. The van der Waals surface area contributed by atoms with E-state index in [-0.39, 0.29) is 12.1 Å². The lowest BCUT2D eigenvalue weighted by atomic mass is 10.1. The number of benzene rings is 2. The van der Waals surface area contributed by atoms with Crippen LogP contribution in [0.25, 0.3) is 22.5 Å². The fraction of sp³-hybridized carbons (Fsp3) is 0.200. The van der Waals surface area contributed by atoms with Gasteiger partial charge in [-0.05, 0) is 42.8 Å². The number of carbonyl (C=O) groups is 1. The lowest BCUT2D eigenvalue weighted by Crippen LogP contribution is -2.30. The van der Waals surface area contributed by atoms with Crippen LogP contribution in [0.3, 0.4) is 0 Å². The highest BCUT2D eigenvalue weighted by atomic mass is 35.5. The molecule has 196 valence electrons. The number of nitrogens with zero attached hydrogens (tertiary/aromatic N) is 6. The molecule has 0 aliphatic heterocycles. The number of aromatic amines is 1. The number of anilines is 2. The van der Waals surface area contributed by atoms with Gasteiger partial charge in [0.25, 0.3) is 5.56 Å². The van der Waals surface area contributed by atoms with Gasteiger partial charge in [0.1, 0.15) is 11.6 Å². The number of hydrazine groups is 1. The summed E-state index contributed by atoms with van der Waals surface area (Å²) in [7, 11) is 4.63. The molecule has 0 aliphatic carbocycles. The Bertz CT molecular complexity index is 1530. The molecule has 0 unspecified atom stereocenters. The fourth-order valence-electron chi connectivity index (χ4n) is 3.76. The van der Waals surface area contributed by atoms with E-state index in [9.17, 15) is 9.59 Å². The number of hydrogen-bond donors (Lipinski definition) is 3. The van der Waals surface area contributed by atoms with Crippen molar-refractivity contribution in [3.05, 3.63) is 81.8 Å². The topological polar surface area (TPSA) is 142 Å². The number of amides is 1. The third-order valence-corrected chi connectivity index (χ3v) is 5.89. The largest absolute Gasteiger partial charge is 0.453 e. The van der Waals surface area contributed by atoms with Gasteiger partial charge in [0.2, 0.25) is 0 Å². The summed E-state index contributed by atoms with van der Waals surface area (Å²) in [6.45, 7) is 1.97. The summed E-state index contributed by atoms with van der Waals surface area (Å²) in [5.74, 6) is 1.10. The minimum atomic E-state index is -0.541. The van der Waals surface area contributed by atoms with Crippen molar-refractivity contribution >= 4 is 29.1 Å². The van der Waals surface area contributed by atoms with Gasteiger partial charge in [-0.3, -0.25) is 19.7 Å². The summed E-state index contributed by atoms with van der Waals surface area (Å²) in [4.78, 5) is 36.9. The van der Waals surface area contributed by atoms with Crippen LogP contribution in [0.15, 0.2) is 69.9 Å². The zero-order valence-electron chi connectivity index (χ0n) is 21.2. The van der Waals surface area contributed by atoms with Gasteiger partial charge in [-0.1, -0.05) is 29.0 Å². The molecule has 0 fully saturated rings. The van der Waals surface area contributed by atoms with E-state index in [0.717, 1.165) is 11.3 Å². The number of imidazole rings is 1. The number of halogens is 1. The maximum Gasteiger partial charge on any atom is 0.411 e. The second kappa shape index (κ2) is 11.6. The molecule has 0 radical (unpaired) electrons. The molecule has 0 saturated carbocycles. The Morgan fingerprint density at radius 1 is 1.21 bits per heavy atom. The van der Waals surface area contributed by atoms with Gasteiger partial charge < -0.3 is 9.72 Å². The predicted octanol–water partition coefficient (Wildman–Crippen LogP) is 4.43. The number of nitrogens with one attached hydrogen (secondary N) is 3. The second-order valence-electron chi connectivity index (χ2n) is 8.17. The van der Waals surface area contributed by atoms with Gasteiger partial charge in [0, 0.05) is 29.4 Å². The van der Waals surface area contributed by atoms with Gasteiger partial charge in [0.05, 0.1) is 44.0 Å². The van der Waals surface area contributed by atoms with E-state index in [1.807, 2.05) is 12.1 Å². The van der Waals surface area contributed by atoms with E-state index in [0.29, 0.717) is 39.3 Å². The molecule has 2 aromatic heterocycles. The summed E-state index contributed by atoms with van der Waals surface area (Å²) >= 11 is 6.26. The van der Waals surface area contributed by atoms with E-state index < -0.39 is 6.09 Å². The minimum absolute atomic E-state index is 0.209. The third kappa shape index (κ3) is 5.98. The standard InChI is InChI=1S/C25H26ClN9O3/c1-15-29-20(19-11-17(26)7-10-22(19)34(3)33-32-27-2)12-24(36)35(15)14-23-28-13-21(31-23)16-5-8-18(9-6-16)30-25(37)38-4/h5-13H,14H2,1-4H3,(H,27,33)(H,28,31)(H,30,37). The zero-order valence-corrected chi connectivity index (χ0v) is 21.9. The maximum absolute atomic E-state index is 13.1. The maximum atomic E-state index is 13.1. The molecule has 0 spiro atoms. The second-order valence-corrected chi connectivity index (χ2v) is 8.61. The van der Waals surface area contributed by atoms with E-state index in [1.54, 1.807) is 62.6 Å². The summed E-state index contributed by atoms with van der Waals surface area (Å²) in [6, 6.07) is 14.0. The fourth-order valence-corrected chi connectivity index (χ4v) is 3.94. The first-order chi connectivity index (χ1) is 18.3. The van der Waals surface area contributed by atoms with Gasteiger partial charge in [-0.2, -0.15) is 10.6 Å². The van der Waals surface area contributed by atoms with Crippen molar-refractivity contribution in [2.45, 2.75) is 13.5 Å². The lowest BCUT2D eigenvalue weighted by molar-refractivity contribution is 0.187. The highest BCUT2D eigenvalue weighted by Crippen LogP contribution is 2.31. The average molecular weight is 536 g/mol. The SMILES string of the molecule is CN=NNN(C)c1ccc(Cl)cc1-c1cc(=O)n(Cc2ncc(-c3ccc(NC(=O)OC)cc3)[nH]2)c(C)n1. The molecule has 4 rings (SSSR count). The van der Waals surface area contributed by atoms with Gasteiger partial charge >= 0.3 is 6.09 Å². The predicted molar refractivity (Wildman–Crippen MR) is 145 cm³/mol. The number of carbonyl (C=O) groups excluding carboxylic acids is 1. The number of H-pyrrole nitrogens is 1. The quantitative estimate of drug-likeness (QED) is 0.224. The van der Waals surface area contributed by atoms with E-state index in [2.05, 4.69) is 40.9 Å². The lowest BCUT2D eigenvalue weighted by Gasteiger charge is -2.21. The normalized spacial score (nSPS) is 11.0. The van der Waals surface area contributed by atoms with Crippen LogP contribution < -0.4 is 21.4 Å². The third-order valence-electron chi connectivity index (χ3n) is 5.65. The Hall–Kier alpha value is -4.71. The molecule has 2 aromatic carbocycles. The molecule has 2 heterocycles. The average Bonchev–Trinajstić information content (AvgIpc) is 3.38. The van der Waals surface area contributed by atoms with Crippen molar-refractivity contribution in [3.63, 3.8) is 0 Å². The van der Waals surface area contributed by atoms with Crippen molar-refractivity contribution in [3.8, 4) is 22.5 Å². The van der Waals surface area contributed by atoms with Crippen molar-refractivity contribution in [2.75, 3.05) is 31.5 Å². The molecule has 38 heavy (non-hydrogen) atoms. The summed E-state index contributed by atoms with van der Waals surface area (Å²) in [5, 5.41) is 12.3. The van der Waals surface area contributed by atoms with Crippen LogP contribution in [0.1, 0.15) is 11.6 Å². The smallest absolute Gasteiger partial charge is 0.411 e. The van der Waals surface area contributed by atoms with E-state index in [1.165, 1.54) is 17.7 Å². The molecular formula is C25H26ClN9O3. The Labute approximate surface area is 223 Å². The van der Waals surface area contributed by atoms with Crippen LogP contribution in [0.5, 0.6) is 0 Å². The number of methoxy groups -OCH3 is 1. The van der Waals surface area contributed by atoms with Crippen molar-refractivity contribution in [1.82, 2.24) is 25.1 Å². The van der Waals surface area contributed by atoms with Crippen LogP contribution in [0, 0.1) is 6.92 Å². The molecule has 1 amide bonds. The molecule has 0 bridgehead atoms. The highest BCUT2D eigenvalue weighted by Gasteiger charge is 2.15. The van der Waals surface area contributed by atoms with Crippen LogP contribution in [0.2, 0.25) is 5.02 Å². The molecule has 0 aliphatic rings. The van der Waals surface area contributed by atoms with Crippen molar-refractivity contribution < 1.29 is 9.53 Å². The van der Waals surface area contributed by atoms with Gasteiger partial charge in [-0.15, -0.1) is 0 Å². The minimum Gasteiger partial charge on any atom is -0.453 e. The molecule has 4 aromatic rings. The monoisotopic (exact) mass is 535 g/mol. The first-order valence-electron chi connectivity index (χ1n) is 11.4. The van der Waals surface area contributed by atoms with Gasteiger partial charge in [-0.25, -0.2) is 14.8 Å². The molecule has 12 nitrogen and oxygen atoms in total. The number of aryl methyl sites for hydroxylation is 1.